The summed E-state index contributed by atoms with van der Waals surface area (Å²) in [5.41, 5.74) is 1.71. The van der Waals surface area contributed by atoms with Crippen LogP contribution in [0.2, 0.25) is 0 Å². The van der Waals surface area contributed by atoms with Gasteiger partial charge < -0.3 is 4.74 Å². The molecule has 1 amide bonds. The second kappa shape index (κ2) is 7.35. The normalized spacial score (nSPS) is 14.2. The summed E-state index contributed by atoms with van der Waals surface area (Å²) in [5.74, 6) is -0.811. The molecule has 4 rings (SSSR count). The van der Waals surface area contributed by atoms with Crippen molar-refractivity contribution < 1.29 is 14.3 Å². The third kappa shape index (κ3) is 3.44. The van der Waals surface area contributed by atoms with E-state index in [0.29, 0.717) is 16.3 Å². The number of ether oxygens (including phenoxy) is 1. The van der Waals surface area contributed by atoms with Gasteiger partial charge in [-0.25, -0.2) is 14.8 Å². The van der Waals surface area contributed by atoms with Crippen molar-refractivity contribution in [3.63, 3.8) is 0 Å². The minimum absolute atomic E-state index is 0.139. The molecule has 3 heterocycles. The summed E-state index contributed by atoms with van der Waals surface area (Å²) in [7, 11) is 0. The first-order valence-corrected chi connectivity index (χ1v) is 9.50. The summed E-state index contributed by atoms with van der Waals surface area (Å²) in [6.45, 7) is 1.69. The van der Waals surface area contributed by atoms with E-state index in [-0.39, 0.29) is 36.6 Å². The molecule has 1 aliphatic heterocycles. The molecule has 3 aromatic rings. The molecule has 0 fully saturated rings. The zero-order valence-corrected chi connectivity index (χ0v) is 15.8. The van der Waals surface area contributed by atoms with Crippen molar-refractivity contribution in [3.05, 3.63) is 63.5 Å². The predicted molar refractivity (Wildman–Crippen MR) is 104 cm³/mol. The number of anilines is 1. The van der Waals surface area contributed by atoms with Gasteiger partial charge in [-0.1, -0.05) is 18.2 Å². The van der Waals surface area contributed by atoms with Crippen LogP contribution in [0.5, 0.6) is 0 Å². The lowest BCUT2D eigenvalue weighted by Gasteiger charge is -2.22. The van der Waals surface area contributed by atoms with Crippen LogP contribution in [0.15, 0.2) is 51.7 Å². The Labute approximate surface area is 163 Å². The van der Waals surface area contributed by atoms with E-state index in [0.717, 1.165) is 5.69 Å². The molecule has 1 aliphatic rings. The number of hydrogen-bond acceptors (Lipinski definition) is 7. The number of fused-ring (bicyclic) bond motifs is 1. The quantitative estimate of drug-likeness (QED) is 0.631. The van der Waals surface area contributed by atoms with Gasteiger partial charge in [-0.2, -0.15) is 5.10 Å². The molecule has 2 aromatic heterocycles. The van der Waals surface area contributed by atoms with Crippen LogP contribution in [-0.4, -0.2) is 27.0 Å². The summed E-state index contributed by atoms with van der Waals surface area (Å²) in [4.78, 5) is 41.6. The first kappa shape index (κ1) is 18.1. The highest BCUT2D eigenvalue weighted by molar-refractivity contribution is 7.15. The van der Waals surface area contributed by atoms with E-state index in [1.807, 2.05) is 18.4 Å². The van der Waals surface area contributed by atoms with Crippen LogP contribution in [-0.2, 0) is 20.9 Å². The first-order chi connectivity index (χ1) is 13.5. The molecule has 0 saturated carbocycles. The van der Waals surface area contributed by atoms with Crippen molar-refractivity contribution in [2.24, 2.45) is 5.10 Å². The van der Waals surface area contributed by atoms with Crippen molar-refractivity contribution in [3.8, 4) is 0 Å². The monoisotopic (exact) mass is 396 g/mol. The van der Waals surface area contributed by atoms with Crippen LogP contribution >= 0.6 is 11.3 Å². The number of esters is 1. The third-order valence-electron chi connectivity index (χ3n) is 4.25. The number of aromatic nitrogens is 2. The molecule has 142 valence electrons. The number of hydrogen-bond donors (Lipinski definition) is 0. The van der Waals surface area contributed by atoms with E-state index >= 15 is 0 Å². The number of amides is 1. The summed E-state index contributed by atoms with van der Waals surface area (Å²) >= 11 is 1.35. The number of carbonyl (C=O) groups excluding carboxylic acids is 2. The van der Waals surface area contributed by atoms with E-state index in [2.05, 4.69) is 10.1 Å². The van der Waals surface area contributed by atoms with Gasteiger partial charge in [0.25, 0.3) is 5.56 Å². The Kier molecular flexibility index (Phi) is 4.74. The average Bonchev–Trinajstić information content (AvgIpc) is 3.08. The van der Waals surface area contributed by atoms with Gasteiger partial charge in [0, 0.05) is 30.0 Å². The van der Waals surface area contributed by atoms with Crippen molar-refractivity contribution in [2.45, 2.75) is 26.4 Å². The Hall–Kier alpha value is -3.33. The van der Waals surface area contributed by atoms with Gasteiger partial charge in [-0.05, 0) is 19.1 Å². The highest BCUT2D eigenvalue weighted by atomic mass is 32.1. The Balaban J connectivity index is 1.50. The molecule has 0 radical (unpaired) electrons. The summed E-state index contributed by atoms with van der Waals surface area (Å²) in [6, 6.07) is 10.2. The molecule has 0 N–H and O–H groups in total. The van der Waals surface area contributed by atoms with Crippen molar-refractivity contribution in [1.82, 2.24) is 9.38 Å². The fourth-order valence-electron chi connectivity index (χ4n) is 2.87. The average molecular weight is 396 g/mol. The molecule has 0 atom stereocenters. The Bertz CT molecular complexity index is 1150. The number of para-hydroxylation sites is 1. The maximum atomic E-state index is 12.4. The molecule has 28 heavy (non-hydrogen) atoms. The molecule has 0 saturated heterocycles. The van der Waals surface area contributed by atoms with Gasteiger partial charge in [0.15, 0.2) is 4.96 Å². The lowest BCUT2D eigenvalue weighted by molar-refractivity contribution is -0.137. The van der Waals surface area contributed by atoms with Crippen LogP contribution in [0.25, 0.3) is 4.96 Å². The van der Waals surface area contributed by atoms with Gasteiger partial charge in [0.05, 0.1) is 11.4 Å². The van der Waals surface area contributed by atoms with Crippen LogP contribution in [0.4, 0.5) is 5.69 Å². The molecule has 0 spiro atoms. The van der Waals surface area contributed by atoms with Gasteiger partial charge in [-0.15, -0.1) is 11.3 Å². The zero-order valence-electron chi connectivity index (χ0n) is 15.0. The molecular formula is C19H16N4O4S. The van der Waals surface area contributed by atoms with Gasteiger partial charge >= 0.3 is 5.97 Å². The lowest BCUT2D eigenvalue weighted by Crippen LogP contribution is -2.35. The Morgan fingerprint density at radius 2 is 2.00 bits per heavy atom. The number of carbonyl (C=O) groups is 2. The van der Waals surface area contributed by atoms with Gasteiger partial charge in [-0.3, -0.25) is 14.0 Å². The lowest BCUT2D eigenvalue weighted by atomic mass is 10.1. The van der Waals surface area contributed by atoms with Crippen molar-refractivity contribution in [2.75, 3.05) is 5.01 Å². The number of benzene rings is 1. The molecule has 0 unspecified atom stereocenters. The molecule has 9 heteroatoms. The second-order valence-corrected chi connectivity index (χ2v) is 7.08. The minimum Gasteiger partial charge on any atom is -0.455 e. The highest BCUT2D eigenvalue weighted by Gasteiger charge is 2.26. The largest absolute Gasteiger partial charge is 0.455 e. The fraction of sp³-hybridized carbons (Fsp3) is 0.211. The number of hydrazone groups is 1. The highest BCUT2D eigenvalue weighted by Crippen LogP contribution is 2.20. The number of thiazole rings is 1. The van der Waals surface area contributed by atoms with E-state index in [1.54, 1.807) is 24.3 Å². The molecular weight excluding hydrogens is 380 g/mol. The molecule has 0 aliphatic carbocycles. The van der Waals surface area contributed by atoms with E-state index in [1.165, 1.54) is 26.8 Å². The molecule has 0 bridgehead atoms. The molecule has 1 aromatic carbocycles. The second-order valence-electron chi connectivity index (χ2n) is 6.24. The third-order valence-corrected chi connectivity index (χ3v) is 5.19. The molecule has 8 nitrogen and oxygen atoms in total. The summed E-state index contributed by atoms with van der Waals surface area (Å²) in [6.07, 6.45) is 0.378. The van der Waals surface area contributed by atoms with Crippen LogP contribution in [0.3, 0.4) is 0 Å². The van der Waals surface area contributed by atoms with Crippen LogP contribution < -0.4 is 10.6 Å². The van der Waals surface area contributed by atoms with E-state index in [4.69, 9.17) is 4.74 Å². The number of nitrogens with zero attached hydrogens (tertiary/aromatic N) is 4. The van der Waals surface area contributed by atoms with E-state index in [9.17, 15) is 14.4 Å². The SMILES string of the molecule is Cc1csc2nc(COC(=O)C3=NN(c4ccccc4)C(=O)CC3)cc(=O)n12. The number of rotatable bonds is 4. The first-order valence-electron chi connectivity index (χ1n) is 8.62. The van der Waals surface area contributed by atoms with Crippen molar-refractivity contribution in [1.29, 1.82) is 0 Å². The Morgan fingerprint density at radius 1 is 1.21 bits per heavy atom. The topological polar surface area (TPSA) is 93.3 Å². The predicted octanol–water partition coefficient (Wildman–Crippen LogP) is 2.29. The Morgan fingerprint density at radius 3 is 2.79 bits per heavy atom. The summed E-state index contributed by atoms with van der Waals surface area (Å²) in [5, 5.41) is 7.21. The van der Waals surface area contributed by atoms with Gasteiger partial charge in [0.1, 0.15) is 12.3 Å². The van der Waals surface area contributed by atoms with Crippen LogP contribution in [0, 0.1) is 6.92 Å². The van der Waals surface area contributed by atoms with Crippen LogP contribution in [0.1, 0.15) is 24.2 Å². The van der Waals surface area contributed by atoms with Crippen molar-refractivity contribution >= 4 is 39.6 Å². The minimum atomic E-state index is -0.627. The van der Waals surface area contributed by atoms with E-state index < -0.39 is 5.97 Å². The number of aryl methyl sites for hydroxylation is 1. The van der Waals surface area contributed by atoms with Gasteiger partial charge in [0.2, 0.25) is 5.91 Å². The standard InChI is InChI=1S/C19H16N4O4S/c1-12-11-28-19-20-13(9-17(25)22(12)19)10-27-18(26)15-7-8-16(24)23(21-15)14-5-3-2-4-6-14/h2-6,9,11H,7-8,10H2,1H3. The zero-order chi connectivity index (χ0) is 19.7. The smallest absolute Gasteiger partial charge is 0.354 e. The fourth-order valence-corrected chi connectivity index (χ4v) is 3.76. The summed E-state index contributed by atoms with van der Waals surface area (Å²) < 4.78 is 6.79. The maximum Gasteiger partial charge on any atom is 0.354 e. The maximum absolute atomic E-state index is 12.4.